The van der Waals surface area contributed by atoms with Crippen molar-refractivity contribution >= 4 is 0 Å². The maximum Gasteiger partial charge on any atom is 0.129 e. The fourth-order valence-corrected chi connectivity index (χ4v) is 2.18. The lowest BCUT2D eigenvalue weighted by Gasteiger charge is -2.17. The smallest absolute Gasteiger partial charge is 0.129 e. The summed E-state index contributed by atoms with van der Waals surface area (Å²) in [6.45, 7) is 4.56. The molecule has 1 N–H and O–H groups in total. The third-order valence-corrected chi connectivity index (χ3v) is 3.14. The summed E-state index contributed by atoms with van der Waals surface area (Å²) in [7, 11) is 0. The van der Waals surface area contributed by atoms with Crippen molar-refractivity contribution in [3.05, 3.63) is 59.1 Å². The van der Waals surface area contributed by atoms with Gasteiger partial charge in [0.05, 0.1) is 12.3 Å². The molecule has 19 heavy (non-hydrogen) atoms. The van der Waals surface area contributed by atoms with Gasteiger partial charge >= 0.3 is 0 Å². The minimum atomic E-state index is -0.521. The molecule has 1 heterocycles. The van der Waals surface area contributed by atoms with Crippen LogP contribution >= 0.6 is 0 Å². The van der Waals surface area contributed by atoms with Crippen LogP contribution in [-0.2, 0) is 6.42 Å². The van der Waals surface area contributed by atoms with E-state index in [9.17, 15) is 8.78 Å². The van der Waals surface area contributed by atoms with Crippen molar-refractivity contribution in [2.24, 2.45) is 0 Å². The van der Waals surface area contributed by atoms with Crippen LogP contribution in [0.1, 0.15) is 29.9 Å². The molecule has 1 aromatic carbocycles. The van der Waals surface area contributed by atoms with E-state index in [0.29, 0.717) is 6.54 Å². The number of halogens is 2. The van der Waals surface area contributed by atoms with Gasteiger partial charge in [0.25, 0.3) is 0 Å². The van der Waals surface area contributed by atoms with E-state index in [4.69, 9.17) is 4.42 Å². The number of furan rings is 1. The van der Waals surface area contributed by atoms with Gasteiger partial charge < -0.3 is 9.73 Å². The molecule has 0 bridgehead atoms. The van der Waals surface area contributed by atoms with Gasteiger partial charge in [0.1, 0.15) is 17.4 Å². The zero-order valence-electron chi connectivity index (χ0n) is 11.0. The first-order chi connectivity index (χ1) is 9.13. The molecule has 0 fully saturated rings. The number of aryl methyl sites for hydroxylation is 1. The summed E-state index contributed by atoms with van der Waals surface area (Å²) < 4.78 is 32.8. The van der Waals surface area contributed by atoms with E-state index in [2.05, 4.69) is 5.32 Å². The summed E-state index contributed by atoms with van der Waals surface area (Å²) >= 11 is 0. The van der Waals surface area contributed by atoms with E-state index in [1.54, 1.807) is 6.26 Å². The van der Waals surface area contributed by atoms with Crippen LogP contribution in [0.15, 0.2) is 34.9 Å². The number of rotatable bonds is 5. The lowest BCUT2D eigenvalue weighted by atomic mass is 10.0. The Morgan fingerprint density at radius 1 is 1.21 bits per heavy atom. The Labute approximate surface area is 111 Å². The molecule has 0 aliphatic heterocycles. The maximum absolute atomic E-state index is 13.7. The van der Waals surface area contributed by atoms with Crippen molar-refractivity contribution in [1.82, 2.24) is 5.32 Å². The summed E-state index contributed by atoms with van der Waals surface area (Å²) in [6.07, 6.45) is 1.81. The van der Waals surface area contributed by atoms with Crippen LogP contribution in [0.2, 0.25) is 0 Å². The molecule has 0 saturated carbocycles. The van der Waals surface area contributed by atoms with Crippen molar-refractivity contribution in [3.63, 3.8) is 0 Å². The Balaban J connectivity index is 2.29. The van der Waals surface area contributed by atoms with Gasteiger partial charge in [-0.15, -0.1) is 0 Å². The molecule has 1 atom stereocenters. The van der Waals surface area contributed by atoms with E-state index in [1.165, 1.54) is 18.2 Å². The van der Waals surface area contributed by atoms with Crippen molar-refractivity contribution in [1.29, 1.82) is 0 Å². The predicted octanol–water partition coefficient (Wildman–Crippen LogP) is 3.76. The molecule has 0 amide bonds. The number of nitrogens with one attached hydrogen (secondary N) is 1. The van der Waals surface area contributed by atoms with Crippen molar-refractivity contribution < 1.29 is 13.2 Å². The second-order valence-electron chi connectivity index (χ2n) is 4.48. The average molecular weight is 265 g/mol. The molecule has 102 valence electrons. The van der Waals surface area contributed by atoms with Crippen LogP contribution in [0.4, 0.5) is 8.78 Å². The quantitative estimate of drug-likeness (QED) is 0.890. The van der Waals surface area contributed by atoms with Crippen molar-refractivity contribution in [3.8, 4) is 0 Å². The van der Waals surface area contributed by atoms with Crippen molar-refractivity contribution in [2.45, 2.75) is 26.3 Å². The van der Waals surface area contributed by atoms with Gasteiger partial charge in [0, 0.05) is 12.0 Å². The molecule has 2 aromatic rings. The molecule has 1 aromatic heterocycles. The molecule has 2 rings (SSSR count). The van der Waals surface area contributed by atoms with Crippen LogP contribution in [0.25, 0.3) is 0 Å². The Hall–Kier alpha value is -1.68. The van der Waals surface area contributed by atoms with Crippen LogP contribution in [0.3, 0.4) is 0 Å². The Morgan fingerprint density at radius 2 is 1.89 bits per heavy atom. The Morgan fingerprint density at radius 3 is 2.42 bits per heavy atom. The molecule has 0 saturated heterocycles. The zero-order valence-corrected chi connectivity index (χ0v) is 11.0. The molecular weight excluding hydrogens is 248 g/mol. The lowest BCUT2D eigenvalue weighted by Crippen LogP contribution is -2.24. The van der Waals surface area contributed by atoms with Crippen LogP contribution in [0.5, 0.6) is 0 Å². The third kappa shape index (κ3) is 3.01. The van der Waals surface area contributed by atoms with E-state index in [0.717, 1.165) is 11.3 Å². The van der Waals surface area contributed by atoms with Crippen LogP contribution < -0.4 is 5.32 Å². The second kappa shape index (κ2) is 5.97. The van der Waals surface area contributed by atoms with Gasteiger partial charge in [-0.05, 0) is 37.2 Å². The largest absolute Gasteiger partial charge is 0.467 e. The SMILES string of the molecule is CCNC(Cc1c(F)cccc1F)c1occc1C. The summed E-state index contributed by atoms with van der Waals surface area (Å²) in [5.74, 6) is -0.316. The first-order valence-corrected chi connectivity index (χ1v) is 6.33. The zero-order chi connectivity index (χ0) is 13.8. The lowest BCUT2D eigenvalue weighted by molar-refractivity contribution is 0.404. The van der Waals surface area contributed by atoms with Crippen LogP contribution in [-0.4, -0.2) is 6.54 Å². The molecule has 4 heteroatoms. The van der Waals surface area contributed by atoms with E-state index in [1.807, 2.05) is 19.9 Å². The van der Waals surface area contributed by atoms with Gasteiger partial charge in [-0.1, -0.05) is 13.0 Å². The number of hydrogen-bond acceptors (Lipinski definition) is 2. The fourth-order valence-electron chi connectivity index (χ4n) is 2.18. The maximum atomic E-state index is 13.7. The Bertz CT molecular complexity index is 531. The molecule has 1 unspecified atom stereocenters. The minimum Gasteiger partial charge on any atom is -0.467 e. The van der Waals surface area contributed by atoms with Gasteiger partial charge in [-0.2, -0.15) is 0 Å². The van der Waals surface area contributed by atoms with Crippen LogP contribution in [0, 0.1) is 18.6 Å². The summed E-state index contributed by atoms with van der Waals surface area (Å²) in [4.78, 5) is 0. The molecular formula is C15H17F2NO. The van der Waals surface area contributed by atoms with Gasteiger partial charge in [-0.3, -0.25) is 0 Å². The topological polar surface area (TPSA) is 25.2 Å². The van der Waals surface area contributed by atoms with Crippen molar-refractivity contribution in [2.75, 3.05) is 6.54 Å². The monoisotopic (exact) mass is 265 g/mol. The first-order valence-electron chi connectivity index (χ1n) is 6.33. The molecule has 0 radical (unpaired) electrons. The first kappa shape index (κ1) is 13.7. The van der Waals surface area contributed by atoms with E-state index in [-0.39, 0.29) is 18.0 Å². The highest BCUT2D eigenvalue weighted by molar-refractivity contribution is 5.25. The third-order valence-electron chi connectivity index (χ3n) is 3.14. The minimum absolute atomic E-state index is 0.0873. The summed E-state index contributed by atoms with van der Waals surface area (Å²) in [5.41, 5.74) is 1.06. The van der Waals surface area contributed by atoms with Gasteiger partial charge in [0.15, 0.2) is 0 Å². The summed E-state index contributed by atoms with van der Waals surface area (Å²) in [5, 5.41) is 3.20. The number of likely N-dealkylation sites (N-methyl/N-ethyl adjacent to an activating group) is 1. The number of benzene rings is 1. The second-order valence-corrected chi connectivity index (χ2v) is 4.48. The number of hydrogen-bond donors (Lipinski definition) is 1. The standard InChI is InChI=1S/C15H17F2NO/c1-3-18-14(15-10(2)7-8-19-15)9-11-12(16)5-4-6-13(11)17/h4-8,14,18H,3,9H2,1-2H3. The fraction of sp³-hybridized carbons (Fsp3) is 0.333. The molecule has 0 aliphatic carbocycles. The highest BCUT2D eigenvalue weighted by Gasteiger charge is 2.20. The van der Waals surface area contributed by atoms with Gasteiger partial charge in [-0.25, -0.2) is 8.78 Å². The highest BCUT2D eigenvalue weighted by atomic mass is 19.1. The highest BCUT2D eigenvalue weighted by Crippen LogP contribution is 2.25. The normalized spacial score (nSPS) is 12.6. The van der Waals surface area contributed by atoms with E-state index < -0.39 is 11.6 Å². The summed E-state index contributed by atoms with van der Waals surface area (Å²) in [6, 6.07) is 5.53. The van der Waals surface area contributed by atoms with E-state index >= 15 is 0 Å². The van der Waals surface area contributed by atoms with Gasteiger partial charge in [0.2, 0.25) is 0 Å². The molecule has 2 nitrogen and oxygen atoms in total. The average Bonchev–Trinajstić information content (AvgIpc) is 2.79. The predicted molar refractivity (Wildman–Crippen MR) is 69.9 cm³/mol. The molecule has 0 aliphatic rings. The molecule has 0 spiro atoms. The Kier molecular flexibility index (Phi) is 4.32.